The molecular formula is C20H28Cl3N5O4S. The van der Waals surface area contributed by atoms with Crippen molar-refractivity contribution in [1.29, 1.82) is 5.41 Å². The smallest absolute Gasteiger partial charge is 0.317 e. The lowest BCUT2D eigenvalue weighted by Crippen LogP contribution is -2.47. The van der Waals surface area contributed by atoms with Gasteiger partial charge in [0.25, 0.3) is 0 Å². The minimum Gasteiger partial charge on any atom is -0.481 e. The number of hydrogen-bond acceptors (Lipinski definition) is 7. The number of anilines is 1. The zero-order chi connectivity index (χ0) is 21.7. The highest BCUT2D eigenvalue weighted by atomic mass is 35.5. The Labute approximate surface area is 214 Å². The molecule has 1 fully saturated rings. The molecule has 1 saturated heterocycles. The van der Waals surface area contributed by atoms with E-state index in [1.165, 1.54) is 11.3 Å². The number of carboxylic acids is 2. The monoisotopic (exact) mass is 539 g/mol. The standard InChI is InChI=1S/C20H25N5O4S.3ClH/c21-19(22)14-3-1-13(2-4-14)16-12-30-20(23-16)25(10-7-17(26)27)15-5-8-24(9-6-15)11-18(28)29;;;/h1-4,12,15H,5-11H2,(H3,21,22)(H,26,27)(H,28,29);3*1H. The fraction of sp³-hybridized carbons (Fsp3) is 0.400. The molecule has 2 heterocycles. The number of aliphatic carboxylic acids is 2. The molecule has 9 nitrogen and oxygen atoms in total. The lowest BCUT2D eigenvalue weighted by Gasteiger charge is -2.37. The molecule has 0 aliphatic carbocycles. The molecule has 1 aliphatic rings. The Balaban J connectivity index is 0.00000341. The highest BCUT2D eigenvalue weighted by Gasteiger charge is 2.27. The van der Waals surface area contributed by atoms with Gasteiger partial charge >= 0.3 is 11.9 Å². The number of piperidine rings is 1. The van der Waals surface area contributed by atoms with E-state index < -0.39 is 11.9 Å². The van der Waals surface area contributed by atoms with Crippen molar-refractivity contribution in [1.82, 2.24) is 9.88 Å². The first-order valence-corrected chi connectivity index (χ1v) is 10.5. The molecule has 0 spiro atoms. The molecule has 0 unspecified atom stereocenters. The number of likely N-dealkylation sites (tertiary alicyclic amines) is 1. The van der Waals surface area contributed by atoms with Crippen molar-refractivity contribution in [2.45, 2.75) is 25.3 Å². The number of amidine groups is 1. The maximum Gasteiger partial charge on any atom is 0.317 e. The number of nitrogens with one attached hydrogen (secondary N) is 1. The van der Waals surface area contributed by atoms with E-state index in [0.29, 0.717) is 25.2 Å². The van der Waals surface area contributed by atoms with E-state index >= 15 is 0 Å². The van der Waals surface area contributed by atoms with Crippen molar-refractivity contribution in [2.24, 2.45) is 5.73 Å². The fourth-order valence-electron chi connectivity index (χ4n) is 3.58. The lowest BCUT2D eigenvalue weighted by atomic mass is 10.0. The highest BCUT2D eigenvalue weighted by Crippen LogP contribution is 2.31. The Morgan fingerprint density at radius 1 is 1.12 bits per heavy atom. The number of nitrogens with two attached hydrogens (primary N) is 1. The number of nitrogens with zero attached hydrogens (tertiary/aromatic N) is 3. The van der Waals surface area contributed by atoms with Gasteiger partial charge in [0.15, 0.2) is 5.13 Å². The number of nitrogen functional groups attached to an aromatic ring is 1. The molecule has 1 aromatic carbocycles. The van der Waals surface area contributed by atoms with Gasteiger partial charge in [0.2, 0.25) is 0 Å². The predicted octanol–water partition coefficient (Wildman–Crippen LogP) is 3.19. The average molecular weight is 541 g/mol. The number of thiazole rings is 1. The first-order chi connectivity index (χ1) is 14.3. The van der Waals surface area contributed by atoms with Gasteiger partial charge in [0.05, 0.1) is 18.7 Å². The van der Waals surface area contributed by atoms with E-state index in [2.05, 4.69) is 0 Å². The summed E-state index contributed by atoms with van der Waals surface area (Å²) < 4.78 is 0. The molecule has 0 bridgehead atoms. The van der Waals surface area contributed by atoms with Gasteiger partial charge in [0, 0.05) is 42.2 Å². The third kappa shape index (κ3) is 8.63. The molecule has 1 aliphatic heterocycles. The van der Waals surface area contributed by atoms with Crippen molar-refractivity contribution >= 4 is 71.5 Å². The Bertz CT molecular complexity index is 921. The second kappa shape index (κ2) is 14.2. The van der Waals surface area contributed by atoms with E-state index in [4.69, 9.17) is 26.3 Å². The third-order valence-corrected chi connectivity index (χ3v) is 6.03. The molecule has 1 aromatic heterocycles. The first kappa shape index (κ1) is 30.9. The van der Waals surface area contributed by atoms with Crippen LogP contribution >= 0.6 is 48.6 Å². The topological polar surface area (TPSA) is 144 Å². The molecule has 5 N–H and O–H groups in total. The SMILES string of the molecule is Cl.Cl.Cl.N=C(N)c1ccc(-c2csc(N(CCC(=O)O)C3CCN(CC(=O)O)CC3)n2)cc1. The van der Waals surface area contributed by atoms with E-state index in [1.54, 1.807) is 12.1 Å². The summed E-state index contributed by atoms with van der Waals surface area (Å²) >= 11 is 1.47. The number of benzene rings is 1. The van der Waals surface area contributed by atoms with Gasteiger partial charge in [-0.1, -0.05) is 24.3 Å². The summed E-state index contributed by atoms with van der Waals surface area (Å²) in [5.74, 6) is -1.69. The fourth-order valence-corrected chi connectivity index (χ4v) is 4.51. The summed E-state index contributed by atoms with van der Waals surface area (Å²) in [6.07, 6.45) is 1.53. The average Bonchev–Trinajstić information content (AvgIpc) is 3.18. The second-order valence-corrected chi connectivity index (χ2v) is 8.08. The molecule has 0 radical (unpaired) electrons. The summed E-state index contributed by atoms with van der Waals surface area (Å²) in [6.45, 7) is 1.70. The number of aromatic nitrogens is 1. The highest BCUT2D eigenvalue weighted by molar-refractivity contribution is 7.14. The normalized spacial score (nSPS) is 13.7. The van der Waals surface area contributed by atoms with Crippen molar-refractivity contribution in [2.75, 3.05) is 31.1 Å². The zero-order valence-corrected chi connectivity index (χ0v) is 20.9. The molecule has 33 heavy (non-hydrogen) atoms. The van der Waals surface area contributed by atoms with E-state index in [1.807, 2.05) is 27.3 Å². The predicted molar refractivity (Wildman–Crippen MR) is 137 cm³/mol. The lowest BCUT2D eigenvalue weighted by molar-refractivity contribution is -0.139. The molecule has 184 valence electrons. The van der Waals surface area contributed by atoms with Crippen LogP contribution in [0.15, 0.2) is 29.6 Å². The second-order valence-electron chi connectivity index (χ2n) is 7.24. The van der Waals surface area contributed by atoms with E-state index in [0.717, 1.165) is 29.2 Å². The molecule has 2 aromatic rings. The van der Waals surface area contributed by atoms with E-state index in [9.17, 15) is 9.59 Å². The Morgan fingerprint density at radius 2 is 1.73 bits per heavy atom. The number of rotatable bonds is 9. The van der Waals surface area contributed by atoms with Crippen molar-refractivity contribution in [3.63, 3.8) is 0 Å². The van der Waals surface area contributed by atoms with Crippen LogP contribution in [0.2, 0.25) is 0 Å². The van der Waals surface area contributed by atoms with Crippen LogP contribution in [0.25, 0.3) is 11.3 Å². The summed E-state index contributed by atoms with van der Waals surface area (Å²) in [5.41, 5.74) is 7.83. The first-order valence-electron chi connectivity index (χ1n) is 9.66. The van der Waals surface area contributed by atoms with Crippen molar-refractivity contribution in [3.8, 4) is 11.3 Å². The van der Waals surface area contributed by atoms with Gasteiger partial charge in [-0.25, -0.2) is 4.98 Å². The van der Waals surface area contributed by atoms with Crippen LogP contribution in [-0.4, -0.2) is 70.1 Å². The van der Waals surface area contributed by atoms with Gasteiger partial charge in [0.1, 0.15) is 5.84 Å². The quantitative estimate of drug-likeness (QED) is 0.280. The maximum absolute atomic E-state index is 11.2. The van der Waals surface area contributed by atoms with Crippen LogP contribution in [-0.2, 0) is 9.59 Å². The van der Waals surface area contributed by atoms with Gasteiger partial charge in [-0.15, -0.1) is 48.6 Å². The van der Waals surface area contributed by atoms with Crippen LogP contribution in [0.3, 0.4) is 0 Å². The van der Waals surface area contributed by atoms with Gasteiger partial charge in [-0.2, -0.15) is 0 Å². The molecule has 0 amide bonds. The Kier molecular flexibility index (Phi) is 13.3. The van der Waals surface area contributed by atoms with Crippen molar-refractivity contribution < 1.29 is 19.8 Å². The number of carboxylic acid groups (broad SMARTS) is 2. The van der Waals surface area contributed by atoms with Gasteiger partial charge < -0.3 is 20.8 Å². The van der Waals surface area contributed by atoms with Crippen molar-refractivity contribution in [3.05, 3.63) is 35.2 Å². The number of halogens is 3. The Hall–Kier alpha value is -2.11. The van der Waals surface area contributed by atoms with Gasteiger partial charge in [-0.05, 0) is 12.8 Å². The summed E-state index contributed by atoms with van der Waals surface area (Å²) in [7, 11) is 0. The Morgan fingerprint density at radius 3 is 2.24 bits per heavy atom. The minimum atomic E-state index is -0.861. The largest absolute Gasteiger partial charge is 0.481 e. The molecule has 3 rings (SSSR count). The maximum atomic E-state index is 11.2. The minimum absolute atomic E-state index is 0. The summed E-state index contributed by atoms with van der Waals surface area (Å²) in [5, 5.41) is 28.3. The van der Waals surface area contributed by atoms with Gasteiger partial charge in [-0.3, -0.25) is 19.9 Å². The summed E-state index contributed by atoms with van der Waals surface area (Å²) in [4.78, 5) is 30.8. The van der Waals surface area contributed by atoms with Crippen LogP contribution in [0.4, 0.5) is 5.13 Å². The number of carbonyl (C=O) groups is 2. The molecule has 0 atom stereocenters. The molecule has 0 saturated carbocycles. The van der Waals surface area contributed by atoms with E-state index in [-0.39, 0.29) is 62.1 Å². The van der Waals surface area contributed by atoms with Crippen LogP contribution in [0.1, 0.15) is 24.8 Å². The number of hydrogen-bond donors (Lipinski definition) is 4. The third-order valence-electron chi connectivity index (χ3n) is 5.15. The van der Waals surface area contributed by atoms with Crippen LogP contribution in [0, 0.1) is 5.41 Å². The van der Waals surface area contributed by atoms with Crippen LogP contribution < -0.4 is 10.6 Å². The summed E-state index contributed by atoms with van der Waals surface area (Å²) in [6, 6.07) is 7.39. The molecule has 13 heteroatoms. The van der Waals surface area contributed by atoms with Crippen LogP contribution in [0.5, 0.6) is 0 Å². The molecular weight excluding hydrogens is 513 g/mol. The zero-order valence-electron chi connectivity index (χ0n) is 17.7.